The third-order valence-electron chi connectivity index (χ3n) is 5.30. The summed E-state index contributed by atoms with van der Waals surface area (Å²) in [5.41, 5.74) is 0.296. The maximum Gasteiger partial charge on any atom is 0.334 e. The average Bonchev–Trinajstić information content (AvgIpc) is 3.18. The van der Waals surface area contributed by atoms with E-state index in [2.05, 4.69) is 24.3 Å². The highest BCUT2D eigenvalue weighted by atomic mass is 32.2. The molecule has 1 aliphatic rings. The Hall–Kier alpha value is -2.24. The molecule has 0 amide bonds. The van der Waals surface area contributed by atoms with Gasteiger partial charge in [-0.3, -0.25) is 4.79 Å². The Kier molecular flexibility index (Phi) is 8.83. The van der Waals surface area contributed by atoms with Gasteiger partial charge >= 0.3 is 5.97 Å². The number of ketones is 1. The molecule has 32 heavy (non-hydrogen) atoms. The Morgan fingerprint density at radius 1 is 1.03 bits per heavy atom. The van der Waals surface area contributed by atoms with Crippen molar-refractivity contribution in [3.8, 4) is 0 Å². The summed E-state index contributed by atoms with van der Waals surface area (Å²) in [6.45, 7) is 5.82. The van der Waals surface area contributed by atoms with Crippen molar-refractivity contribution in [2.75, 3.05) is 0 Å². The Morgan fingerprint density at radius 3 is 2.12 bits per heavy atom. The number of ether oxygens (including phenoxy) is 1. The molecular formula is C27H30O3S2. The van der Waals surface area contributed by atoms with Gasteiger partial charge < -0.3 is 4.74 Å². The summed E-state index contributed by atoms with van der Waals surface area (Å²) < 4.78 is 5.93. The molecule has 0 saturated carbocycles. The van der Waals surface area contributed by atoms with Gasteiger partial charge in [0.1, 0.15) is 6.10 Å². The zero-order chi connectivity index (χ0) is 23.0. The maximum atomic E-state index is 12.6. The number of rotatable bonds is 11. The van der Waals surface area contributed by atoms with Crippen LogP contribution in [0.3, 0.4) is 0 Å². The van der Waals surface area contributed by atoms with Gasteiger partial charge in [-0.1, -0.05) is 63.2 Å². The number of esters is 1. The van der Waals surface area contributed by atoms with Gasteiger partial charge in [-0.2, -0.15) is 0 Å². The number of carbonyl (C=O) groups is 2. The molecule has 3 rings (SSSR count). The number of benzene rings is 2. The Balaban J connectivity index is 1.68. The number of hydrogen-bond acceptors (Lipinski definition) is 5. The SMILES string of the molecule is CCC(=O)/C=C/C(C)(C)[C@@H]1C=C(CCC(Sc2ccccc2)Sc2ccccc2)C(=O)O1. The van der Waals surface area contributed by atoms with Crippen molar-refractivity contribution in [1.82, 2.24) is 0 Å². The van der Waals surface area contributed by atoms with Crippen LogP contribution in [0.25, 0.3) is 0 Å². The smallest absolute Gasteiger partial charge is 0.334 e. The summed E-state index contributed by atoms with van der Waals surface area (Å²) in [6, 6.07) is 20.7. The van der Waals surface area contributed by atoms with Crippen LogP contribution in [0.5, 0.6) is 0 Å². The first kappa shape index (κ1) is 24.4. The van der Waals surface area contributed by atoms with Gasteiger partial charge in [0, 0.05) is 27.2 Å². The second-order valence-corrected chi connectivity index (χ2v) is 11.2. The minimum absolute atomic E-state index is 0.0744. The van der Waals surface area contributed by atoms with E-state index in [9.17, 15) is 9.59 Å². The third kappa shape index (κ3) is 7.14. The Morgan fingerprint density at radius 2 is 1.59 bits per heavy atom. The van der Waals surface area contributed by atoms with E-state index >= 15 is 0 Å². The molecule has 1 atom stereocenters. The molecule has 0 aliphatic carbocycles. The first-order valence-electron chi connectivity index (χ1n) is 10.9. The molecule has 0 saturated heterocycles. The summed E-state index contributed by atoms with van der Waals surface area (Å²) >= 11 is 3.65. The fourth-order valence-electron chi connectivity index (χ4n) is 3.27. The summed E-state index contributed by atoms with van der Waals surface area (Å²) in [5, 5.41) is 0. The van der Waals surface area contributed by atoms with E-state index in [0.29, 0.717) is 12.8 Å². The monoisotopic (exact) mass is 466 g/mol. The quantitative estimate of drug-likeness (QED) is 0.153. The number of hydrogen-bond donors (Lipinski definition) is 0. The van der Waals surface area contributed by atoms with Crippen LogP contribution in [-0.4, -0.2) is 22.4 Å². The van der Waals surface area contributed by atoms with Crippen LogP contribution in [0, 0.1) is 5.41 Å². The molecule has 1 heterocycles. The molecular weight excluding hydrogens is 436 g/mol. The lowest BCUT2D eigenvalue weighted by Crippen LogP contribution is -2.27. The molecule has 0 unspecified atom stereocenters. The van der Waals surface area contributed by atoms with Crippen LogP contribution in [0.15, 0.2) is 94.3 Å². The predicted octanol–water partition coefficient (Wildman–Crippen LogP) is 7.09. The predicted molar refractivity (Wildman–Crippen MR) is 134 cm³/mol. The highest BCUT2D eigenvalue weighted by molar-refractivity contribution is 8.17. The summed E-state index contributed by atoms with van der Waals surface area (Å²) in [5.74, 6) is -0.170. The van der Waals surface area contributed by atoms with Crippen LogP contribution in [0.1, 0.15) is 40.0 Å². The molecule has 3 nitrogen and oxygen atoms in total. The zero-order valence-corrected chi connectivity index (χ0v) is 20.5. The molecule has 0 aromatic heterocycles. The second-order valence-electron chi connectivity index (χ2n) is 8.32. The highest BCUT2D eigenvalue weighted by Crippen LogP contribution is 2.40. The van der Waals surface area contributed by atoms with Crippen LogP contribution in [-0.2, 0) is 14.3 Å². The topological polar surface area (TPSA) is 43.4 Å². The fourth-order valence-corrected chi connectivity index (χ4v) is 5.83. The van der Waals surface area contributed by atoms with Crippen molar-refractivity contribution < 1.29 is 14.3 Å². The van der Waals surface area contributed by atoms with Crippen molar-refractivity contribution in [3.63, 3.8) is 0 Å². The largest absolute Gasteiger partial charge is 0.454 e. The van der Waals surface area contributed by atoms with E-state index in [-0.39, 0.29) is 22.4 Å². The van der Waals surface area contributed by atoms with E-state index in [4.69, 9.17) is 4.74 Å². The molecule has 0 radical (unpaired) electrons. The minimum atomic E-state index is -0.431. The van der Waals surface area contributed by atoms with Crippen molar-refractivity contribution in [2.45, 2.75) is 60.5 Å². The third-order valence-corrected chi connectivity index (χ3v) is 7.96. The number of allylic oxidation sites excluding steroid dienone is 1. The first-order valence-corrected chi connectivity index (χ1v) is 12.7. The van der Waals surface area contributed by atoms with E-state index < -0.39 is 5.41 Å². The first-order chi connectivity index (χ1) is 15.4. The number of cyclic esters (lactones) is 1. The van der Waals surface area contributed by atoms with Crippen molar-refractivity contribution >= 4 is 35.3 Å². The number of thioether (sulfide) groups is 2. The van der Waals surface area contributed by atoms with Gasteiger partial charge in [0.25, 0.3) is 0 Å². The lowest BCUT2D eigenvalue weighted by molar-refractivity contribution is -0.142. The fraction of sp³-hybridized carbons (Fsp3) is 0.333. The highest BCUT2D eigenvalue weighted by Gasteiger charge is 2.35. The molecule has 0 spiro atoms. The van der Waals surface area contributed by atoms with Gasteiger partial charge in [-0.05, 0) is 49.3 Å². The van der Waals surface area contributed by atoms with Crippen LogP contribution >= 0.6 is 23.5 Å². The van der Waals surface area contributed by atoms with E-state index in [0.717, 1.165) is 12.0 Å². The Labute approximate surface area is 199 Å². The normalized spacial score (nSPS) is 16.4. The van der Waals surface area contributed by atoms with Gasteiger partial charge in [-0.25, -0.2) is 4.79 Å². The zero-order valence-electron chi connectivity index (χ0n) is 18.8. The molecule has 5 heteroatoms. The summed E-state index contributed by atoms with van der Waals surface area (Å²) in [7, 11) is 0. The van der Waals surface area contributed by atoms with E-state index in [1.54, 1.807) is 6.08 Å². The Bertz CT molecular complexity index is 923. The van der Waals surface area contributed by atoms with Crippen LogP contribution in [0.4, 0.5) is 0 Å². The molecule has 1 aliphatic heterocycles. The van der Waals surface area contributed by atoms with Gasteiger partial charge in [0.2, 0.25) is 0 Å². The van der Waals surface area contributed by atoms with Gasteiger partial charge in [0.05, 0.1) is 4.58 Å². The van der Waals surface area contributed by atoms with Gasteiger partial charge in [-0.15, -0.1) is 23.5 Å². The molecule has 2 aromatic rings. The van der Waals surface area contributed by atoms with Gasteiger partial charge in [0.15, 0.2) is 5.78 Å². The molecule has 2 aromatic carbocycles. The van der Waals surface area contributed by atoms with Crippen molar-refractivity contribution in [3.05, 3.63) is 84.5 Å². The average molecular weight is 467 g/mol. The maximum absolute atomic E-state index is 12.6. The standard InChI is InChI=1S/C27H30O3S2/c1-4-21(28)17-18-27(2,3)24-19-20(26(29)30-24)15-16-25(31-22-11-7-5-8-12-22)32-23-13-9-6-10-14-23/h5-14,17-19,24-25H,4,15-16H2,1-3H3/b18-17+/t24-/m0/s1. The lowest BCUT2D eigenvalue weighted by atomic mass is 9.85. The molecule has 0 N–H and O–H groups in total. The van der Waals surface area contributed by atoms with Crippen LogP contribution in [0.2, 0.25) is 0 Å². The summed E-state index contributed by atoms with van der Waals surface area (Å²) in [4.78, 5) is 26.7. The molecule has 0 fully saturated rings. The van der Waals surface area contributed by atoms with E-state index in [1.165, 1.54) is 9.79 Å². The molecule has 168 valence electrons. The lowest BCUT2D eigenvalue weighted by Gasteiger charge is -2.25. The second kappa shape index (κ2) is 11.6. The minimum Gasteiger partial charge on any atom is -0.454 e. The van der Waals surface area contributed by atoms with Crippen LogP contribution < -0.4 is 0 Å². The molecule has 0 bridgehead atoms. The van der Waals surface area contributed by atoms with Crippen molar-refractivity contribution in [1.29, 1.82) is 0 Å². The van der Waals surface area contributed by atoms with E-state index in [1.807, 2.05) is 92.8 Å². The number of carbonyl (C=O) groups excluding carboxylic acids is 2. The summed E-state index contributed by atoms with van der Waals surface area (Å²) in [6.07, 6.45) is 7.02. The van der Waals surface area contributed by atoms with Crippen molar-refractivity contribution in [2.24, 2.45) is 5.41 Å².